The van der Waals surface area contributed by atoms with Gasteiger partial charge in [0.25, 0.3) is 0 Å². The fourth-order valence-electron chi connectivity index (χ4n) is 3.29. The van der Waals surface area contributed by atoms with E-state index in [1.54, 1.807) is 0 Å². The molecule has 1 unspecified atom stereocenters. The van der Waals surface area contributed by atoms with Crippen molar-refractivity contribution >= 4 is 21.6 Å². The molecule has 0 saturated carbocycles. The summed E-state index contributed by atoms with van der Waals surface area (Å²) < 4.78 is 1.07. The van der Waals surface area contributed by atoms with Crippen LogP contribution < -0.4 is 5.32 Å². The van der Waals surface area contributed by atoms with Gasteiger partial charge < -0.3 is 10.4 Å². The van der Waals surface area contributed by atoms with E-state index < -0.39 is 6.10 Å². The maximum absolute atomic E-state index is 10.9. The highest BCUT2D eigenvalue weighted by Gasteiger charge is 2.28. The minimum atomic E-state index is -0.559. The number of nitrogens with zero attached hydrogens (tertiary/aromatic N) is 1. The summed E-state index contributed by atoms with van der Waals surface area (Å²) >= 11 is 3.46. The number of nitrogens with one attached hydrogen (secondary N) is 1. The molecular weight excluding hydrogens is 448 g/mol. The van der Waals surface area contributed by atoms with Gasteiger partial charge >= 0.3 is 0 Å². The van der Waals surface area contributed by atoms with E-state index in [0.717, 1.165) is 47.3 Å². The molecule has 1 aromatic rings. The van der Waals surface area contributed by atoms with Crippen LogP contribution in [0.15, 0.2) is 82.0 Å². The highest BCUT2D eigenvalue weighted by Crippen LogP contribution is 2.29. The number of terminal acetylenes is 1. The van der Waals surface area contributed by atoms with Crippen molar-refractivity contribution in [1.82, 2.24) is 5.32 Å². The Kier molecular flexibility index (Phi) is 12.8. The summed E-state index contributed by atoms with van der Waals surface area (Å²) in [4.78, 5) is 4.66. The summed E-state index contributed by atoms with van der Waals surface area (Å²) in [7, 11) is 0. The standard InChI is InChI=1S/C21H25BrN2O.C4H8.C2H2/c1-14-15(2)24-18(12-16-7-9-17(22)10-8-16)13-19(14)21(25)20-6-4-3-5-11-23-20;1-3-4-2;1-2/h4,6-10,13-14,20-21,23,25H,2-3,5,11-12H2,1H3;3-4H,1-2H3;1-2H/b;4-3-;/t14?,20-,21-;;/m1../s1. The third kappa shape index (κ3) is 8.83. The lowest BCUT2D eigenvalue weighted by molar-refractivity contribution is 0.171. The summed E-state index contributed by atoms with van der Waals surface area (Å²) in [5.41, 5.74) is 3.97. The van der Waals surface area contributed by atoms with Crippen LogP contribution in [0.2, 0.25) is 0 Å². The number of allylic oxidation sites excluding steroid dienone is 5. The number of aliphatic imine (C=N–C) groups is 1. The minimum Gasteiger partial charge on any atom is -0.387 e. The summed E-state index contributed by atoms with van der Waals surface area (Å²) in [6.45, 7) is 11.1. The van der Waals surface area contributed by atoms with E-state index >= 15 is 0 Å². The van der Waals surface area contributed by atoms with E-state index in [9.17, 15) is 5.11 Å². The number of aliphatic hydroxyl groups is 1. The average Bonchev–Trinajstić information content (AvgIpc) is 3.08. The first-order chi connectivity index (χ1) is 15.0. The van der Waals surface area contributed by atoms with Crippen LogP contribution in [-0.4, -0.2) is 29.5 Å². The zero-order chi connectivity index (χ0) is 23.2. The van der Waals surface area contributed by atoms with Gasteiger partial charge in [0.15, 0.2) is 0 Å². The molecular formula is C27H35BrN2O. The Morgan fingerprint density at radius 2 is 1.90 bits per heavy atom. The number of rotatable bonds is 4. The van der Waals surface area contributed by atoms with Crippen LogP contribution in [0, 0.1) is 18.8 Å². The van der Waals surface area contributed by atoms with Crippen molar-refractivity contribution in [3.05, 3.63) is 82.5 Å². The molecule has 31 heavy (non-hydrogen) atoms. The van der Waals surface area contributed by atoms with Crippen LogP contribution in [-0.2, 0) is 6.42 Å². The molecule has 0 spiro atoms. The smallest absolute Gasteiger partial charge is 0.0949 e. The third-order valence-corrected chi connectivity index (χ3v) is 5.73. The second-order valence-electron chi connectivity index (χ2n) is 7.43. The van der Waals surface area contributed by atoms with Crippen molar-refractivity contribution in [2.45, 2.75) is 52.2 Å². The molecule has 2 heterocycles. The van der Waals surface area contributed by atoms with E-state index in [1.807, 2.05) is 38.1 Å². The lowest BCUT2D eigenvalue weighted by Gasteiger charge is -2.29. The molecule has 2 N–H and O–H groups in total. The SMILES string of the molecule is C#C.C/C=C\C.C=C1N=C(Cc2ccc(Br)cc2)C=C([C@@H](O)[C@H]2C=CCCCN2)C1C. The fraction of sp³-hybridized carbons (Fsp3) is 0.370. The van der Waals surface area contributed by atoms with Gasteiger partial charge in [0.2, 0.25) is 0 Å². The molecule has 0 aliphatic carbocycles. The maximum Gasteiger partial charge on any atom is 0.0949 e. The predicted molar refractivity (Wildman–Crippen MR) is 138 cm³/mol. The third-order valence-electron chi connectivity index (χ3n) is 5.20. The van der Waals surface area contributed by atoms with Crippen molar-refractivity contribution < 1.29 is 5.11 Å². The summed E-state index contributed by atoms with van der Waals surface area (Å²) in [5.74, 6) is 0.0575. The van der Waals surface area contributed by atoms with E-state index in [4.69, 9.17) is 0 Å². The van der Waals surface area contributed by atoms with E-state index in [0.29, 0.717) is 0 Å². The van der Waals surface area contributed by atoms with Crippen molar-refractivity contribution in [1.29, 1.82) is 0 Å². The zero-order valence-electron chi connectivity index (χ0n) is 18.9. The number of benzene rings is 1. The first-order valence-electron chi connectivity index (χ1n) is 10.7. The molecule has 0 radical (unpaired) electrons. The monoisotopic (exact) mass is 482 g/mol. The molecule has 0 aromatic heterocycles. The van der Waals surface area contributed by atoms with E-state index in [2.05, 4.69) is 82.9 Å². The summed E-state index contributed by atoms with van der Waals surface area (Å²) in [6, 6.07) is 8.21. The Balaban J connectivity index is 0.000000720. The molecule has 0 saturated heterocycles. The molecule has 166 valence electrons. The Morgan fingerprint density at radius 1 is 1.26 bits per heavy atom. The molecule has 4 heteroatoms. The average molecular weight is 483 g/mol. The topological polar surface area (TPSA) is 44.6 Å². The Morgan fingerprint density at radius 3 is 2.52 bits per heavy atom. The fourth-order valence-corrected chi connectivity index (χ4v) is 3.55. The van der Waals surface area contributed by atoms with Crippen molar-refractivity contribution in [3.8, 4) is 12.8 Å². The number of dihydropyridines is 1. The molecule has 0 amide bonds. The molecule has 3 atom stereocenters. The Hall–Kier alpha value is -2.19. The second kappa shape index (κ2) is 14.8. The number of aliphatic hydroxyl groups excluding tert-OH is 1. The van der Waals surface area contributed by atoms with Crippen molar-refractivity contribution in [2.75, 3.05) is 6.54 Å². The zero-order valence-corrected chi connectivity index (χ0v) is 20.5. The normalized spacial score (nSPS) is 21.6. The Bertz CT molecular complexity index is 827. The van der Waals surface area contributed by atoms with Gasteiger partial charge in [-0.1, -0.05) is 65.9 Å². The molecule has 3 nitrogen and oxygen atoms in total. The molecule has 2 aliphatic rings. The first kappa shape index (κ1) is 26.8. The van der Waals surface area contributed by atoms with Crippen molar-refractivity contribution in [2.24, 2.45) is 10.9 Å². The van der Waals surface area contributed by atoms with Gasteiger partial charge in [0.05, 0.1) is 12.1 Å². The maximum atomic E-state index is 10.9. The molecule has 0 bridgehead atoms. The van der Waals surface area contributed by atoms with Gasteiger partial charge in [-0.25, -0.2) is 0 Å². The van der Waals surface area contributed by atoms with Gasteiger partial charge in [-0.05, 0) is 62.6 Å². The van der Waals surface area contributed by atoms with Gasteiger partial charge in [0.1, 0.15) is 0 Å². The van der Waals surface area contributed by atoms with Crippen LogP contribution in [0.4, 0.5) is 0 Å². The minimum absolute atomic E-state index is 0.0453. The van der Waals surface area contributed by atoms with Crippen LogP contribution in [0.3, 0.4) is 0 Å². The second-order valence-corrected chi connectivity index (χ2v) is 8.34. The quantitative estimate of drug-likeness (QED) is 0.406. The molecule has 2 aliphatic heterocycles. The van der Waals surface area contributed by atoms with Gasteiger partial charge in [-0.3, -0.25) is 4.99 Å². The number of hydrogen-bond acceptors (Lipinski definition) is 3. The van der Waals surface area contributed by atoms with Gasteiger partial charge in [-0.2, -0.15) is 0 Å². The van der Waals surface area contributed by atoms with Crippen LogP contribution in [0.1, 0.15) is 39.2 Å². The highest BCUT2D eigenvalue weighted by atomic mass is 79.9. The summed E-state index contributed by atoms with van der Waals surface area (Å²) in [6.07, 6.45) is 20.7. The largest absolute Gasteiger partial charge is 0.387 e. The molecule has 0 fully saturated rings. The number of hydrogen-bond donors (Lipinski definition) is 2. The number of halogens is 1. The molecule has 3 rings (SSSR count). The lowest BCUT2D eigenvalue weighted by atomic mass is 9.86. The highest BCUT2D eigenvalue weighted by molar-refractivity contribution is 9.10. The summed E-state index contributed by atoms with van der Waals surface area (Å²) in [5, 5.41) is 14.4. The van der Waals surface area contributed by atoms with E-state index in [1.165, 1.54) is 5.56 Å². The van der Waals surface area contributed by atoms with Crippen LogP contribution in [0.5, 0.6) is 0 Å². The van der Waals surface area contributed by atoms with Crippen LogP contribution in [0.25, 0.3) is 0 Å². The molecule has 1 aromatic carbocycles. The van der Waals surface area contributed by atoms with Gasteiger partial charge in [-0.15, -0.1) is 12.8 Å². The first-order valence-corrected chi connectivity index (χ1v) is 11.5. The van der Waals surface area contributed by atoms with Crippen LogP contribution >= 0.6 is 15.9 Å². The predicted octanol–water partition coefficient (Wildman–Crippen LogP) is 6.02. The van der Waals surface area contributed by atoms with E-state index in [-0.39, 0.29) is 12.0 Å². The van der Waals surface area contributed by atoms with Gasteiger partial charge in [0, 0.05) is 28.2 Å². The van der Waals surface area contributed by atoms with Crippen molar-refractivity contribution in [3.63, 3.8) is 0 Å². The Labute approximate surface area is 196 Å². The lowest BCUT2D eigenvalue weighted by Crippen LogP contribution is -2.41.